The summed E-state index contributed by atoms with van der Waals surface area (Å²) in [7, 11) is 1.24. The van der Waals surface area contributed by atoms with Crippen LogP contribution in [0.5, 0.6) is 5.75 Å². The monoisotopic (exact) mass is 303 g/mol. The molecule has 1 heterocycles. The van der Waals surface area contributed by atoms with Crippen molar-refractivity contribution in [3.63, 3.8) is 0 Å². The SMILES string of the molecule is COC(=O)c1cccc(NC(=O)c2c(O)cc(C)oc2=O)c1. The third kappa shape index (κ3) is 3.14. The average Bonchev–Trinajstić information content (AvgIpc) is 2.45. The van der Waals surface area contributed by atoms with Crippen molar-refractivity contribution in [3.8, 4) is 5.75 Å². The fraction of sp³-hybridized carbons (Fsp3) is 0.133. The van der Waals surface area contributed by atoms with Gasteiger partial charge in [0.25, 0.3) is 5.91 Å². The molecule has 2 N–H and O–H groups in total. The predicted octanol–water partition coefficient (Wildman–Crippen LogP) is 1.69. The van der Waals surface area contributed by atoms with Crippen LogP contribution in [0.4, 0.5) is 5.69 Å². The molecule has 22 heavy (non-hydrogen) atoms. The van der Waals surface area contributed by atoms with Crippen LogP contribution in [0, 0.1) is 6.92 Å². The van der Waals surface area contributed by atoms with Crippen LogP contribution in [-0.4, -0.2) is 24.1 Å². The van der Waals surface area contributed by atoms with Gasteiger partial charge in [-0.3, -0.25) is 4.79 Å². The predicted molar refractivity (Wildman–Crippen MR) is 77.1 cm³/mol. The Morgan fingerprint density at radius 3 is 2.64 bits per heavy atom. The van der Waals surface area contributed by atoms with E-state index in [1.54, 1.807) is 6.07 Å². The molecule has 7 nitrogen and oxygen atoms in total. The quantitative estimate of drug-likeness (QED) is 0.836. The molecule has 0 spiro atoms. The van der Waals surface area contributed by atoms with E-state index in [0.717, 1.165) is 0 Å². The van der Waals surface area contributed by atoms with Crippen molar-refractivity contribution in [2.45, 2.75) is 6.92 Å². The second-order valence-corrected chi connectivity index (χ2v) is 4.43. The van der Waals surface area contributed by atoms with Crippen LogP contribution in [0.3, 0.4) is 0 Å². The topological polar surface area (TPSA) is 106 Å². The van der Waals surface area contributed by atoms with Gasteiger partial charge in [0.05, 0.1) is 12.7 Å². The lowest BCUT2D eigenvalue weighted by Crippen LogP contribution is -2.21. The third-order valence-corrected chi connectivity index (χ3v) is 2.82. The number of carbonyl (C=O) groups excluding carboxylic acids is 2. The van der Waals surface area contributed by atoms with Crippen LogP contribution in [0.2, 0.25) is 0 Å². The average molecular weight is 303 g/mol. The molecule has 7 heteroatoms. The molecule has 0 aliphatic rings. The molecule has 1 aromatic heterocycles. The Morgan fingerprint density at radius 1 is 1.27 bits per heavy atom. The number of methoxy groups -OCH3 is 1. The minimum absolute atomic E-state index is 0.187. The summed E-state index contributed by atoms with van der Waals surface area (Å²) in [5, 5.41) is 12.1. The van der Waals surface area contributed by atoms with Gasteiger partial charge in [-0.25, -0.2) is 9.59 Å². The molecule has 0 atom stereocenters. The largest absolute Gasteiger partial charge is 0.507 e. The second-order valence-electron chi connectivity index (χ2n) is 4.43. The number of nitrogens with one attached hydrogen (secondary N) is 1. The molecule has 1 aromatic carbocycles. The summed E-state index contributed by atoms with van der Waals surface area (Å²) in [5.74, 6) is -1.69. The molecule has 2 aromatic rings. The normalized spacial score (nSPS) is 10.1. The van der Waals surface area contributed by atoms with Crippen LogP contribution >= 0.6 is 0 Å². The first-order chi connectivity index (χ1) is 10.4. The maximum absolute atomic E-state index is 12.1. The van der Waals surface area contributed by atoms with E-state index in [4.69, 9.17) is 4.42 Å². The van der Waals surface area contributed by atoms with Crippen molar-refractivity contribution in [2.75, 3.05) is 12.4 Å². The van der Waals surface area contributed by atoms with Crippen molar-refractivity contribution in [3.05, 3.63) is 57.6 Å². The lowest BCUT2D eigenvalue weighted by Gasteiger charge is -2.07. The highest BCUT2D eigenvalue weighted by molar-refractivity contribution is 6.06. The smallest absolute Gasteiger partial charge is 0.352 e. The Hall–Kier alpha value is -3.09. The number of benzene rings is 1. The summed E-state index contributed by atoms with van der Waals surface area (Å²) in [6.07, 6.45) is 0. The van der Waals surface area contributed by atoms with E-state index < -0.39 is 28.8 Å². The van der Waals surface area contributed by atoms with Gasteiger partial charge in [-0.2, -0.15) is 0 Å². The molecule has 0 saturated heterocycles. The van der Waals surface area contributed by atoms with E-state index in [0.29, 0.717) is 0 Å². The van der Waals surface area contributed by atoms with Gasteiger partial charge in [-0.05, 0) is 25.1 Å². The molecule has 114 valence electrons. The van der Waals surface area contributed by atoms with Crippen LogP contribution in [-0.2, 0) is 4.74 Å². The van der Waals surface area contributed by atoms with E-state index in [2.05, 4.69) is 10.1 Å². The lowest BCUT2D eigenvalue weighted by molar-refractivity contribution is 0.0600. The van der Waals surface area contributed by atoms with Gasteiger partial charge < -0.3 is 19.6 Å². The van der Waals surface area contributed by atoms with Gasteiger partial charge >= 0.3 is 11.6 Å². The van der Waals surface area contributed by atoms with Crippen LogP contribution in [0.15, 0.2) is 39.5 Å². The van der Waals surface area contributed by atoms with E-state index in [1.807, 2.05) is 0 Å². The van der Waals surface area contributed by atoms with Crippen molar-refractivity contribution in [1.82, 2.24) is 0 Å². The van der Waals surface area contributed by atoms with Gasteiger partial charge in [0.1, 0.15) is 11.5 Å². The van der Waals surface area contributed by atoms with Gasteiger partial charge in [-0.1, -0.05) is 6.07 Å². The number of ether oxygens (including phenoxy) is 1. The fourth-order valence-electron chi connectivity index (χ4n) is 1.84. The maximum Gasteiger partial charge on any atom is 0.352 e. The summed E-state index contributed by atoms with van der Waals surface area (Å²) in [5.41, 5.74) is -0.944. The third-order valence-electron chi connectivity index (χ3n) is 2.82. The van der Waals surface area contributed by atoms with Crippen molar-refractivity contribution >= 4 is 17.6 Å². The van der Waals surface area contributed by atoms with Gasteiger partial charge in [0.2, 0.25) is 0 Å². The number of amides is 1. The Kier molecular flexibility index (Phi) is 4.26. The summed E-state index contributed by atoms with van der Waals surface area (Å²) >= 11 is 0. The zero-order valence-electron chi connectivity index (χ0n) is 11.9. The number of aryl methyl sites for hydroxylation is 1. The van der Waals surface area contributed by atoms with Crippen molar-refractivity contribution < 1.29 is 23.8 Å². The number of esters is 1. The minimum Gasteiger partial charge on any atom is -0.507 e. The van der Waals surface area contributed by atoms with Crippen LogP contribution in [0.1, 0.15) is 26.5 Å². The van der Waals surface area contributed by atoms with Crippen molar-refractivity contribution in [2.24, 2.45) is 0 Å². The first-order valence-electron chi connectivity index (χ1n) is 6.26. The van der Waals surface area contributed by atoms with Gasteiger partial charge in [0.15, 0.2) is 5.56 Å². The first kappa shape index (κ1) is 15.3. The summed E-state index contributed by atoms with van der Waals surface area (Å²) in [4.78, 5) is 35.2. The summed E-state index contributed by atoms with van der Waals surface area (Å²) in [6, 6.07) is 7.13. The van der Waals surface area contributed by atoms with Crippen molar-refractivity contribution in [1.29, 1.82) is 0 Å². The molecule has 0 fully saturated rings. The van der Waals surface area contributed by atoms with Gasteiger partial charge in [0, 0.05) is 11.8 Å². The highest BCUT2D eigenvalue weighted by Crippen LogP contribution is 2.17. The zero-order valence-corrected chi connectivity index (χ0v) is 11.9. The Balaban J connectivity index is 2.30. The Bertz CT molecular complexity index is 793. The van der Waals surface area contributed by atoms with Crippen LogP contribution < -0.4 is 10.9 Å². The van der Waals surface area contributed by atoms with E-state index >= 15 is 0 Å². The molecule has 0 aliphatic heterocycles. The van der Waals surface area contributed by atoms with E-state index in [9.17, 15) is 19.5 Å². The second kappa shape index (κ2) is 6.13. The number of carbonyl (C=O) groups is 2. The minimum atomic E-state index is -0.945. The number of aromatic hydroxyl groups is 1. The highest BCUT2D eigenvalue weighted by Gasteiger charge is 2.18. The summed E-state index contributed by atoms with van der Waals surface area (Å²) < 4.78 is 9.35. The Morgan fingerprint density at radius 2 is 2.00 bits per heavy atom. The maximum atomic E-state index is 12.1. The molecule has 0 aliphatic carbocycles. The lowest BCUT2D eigenvalue weighted by atomic mass is 10.2. The molecule has 2 rings (SSSR count). The molecular weight excluding hydrogens is 290 g/mol. The first-order valence-corrected chi connectivity index (χ1v) is 6.26. The Labute approximate surface area is 125 Å². The fourth-order valence-corrected chi connectivity index (χ4v) is 1.84. The zero-order chi connectivity index (χ0) is 16.3. The molecule has 0 radical (unpaired) electrons. The summed E-state index contributed by atoms with van der Waals surface area (Å²) in [6.45, 7) is 1.47. The van der Waals surface area contributed by atoms with Crippen LogP contribution in [0.25, 0.3) is 0 Å². The number of hydrogen-bond acceptors (Lipinski definition) is 6. The molecule has 0 saturated carbocycles. The number of rotatable bonds is 3. The molecular formula is C15H13NO6. The van der Waals surface area contributed by atoms with E-state index in [1.165, 1.54) is 38.3 Å². The number of hydrogen-bond donors (Lipinski definition) is 2. The molecule has 0 bridgehead atoms. The van der Waals surface area contributed by atoms with E-state index in [-0.39, 0.29) is 17.0 Å². The standard InChI is InChI=1S/C15H13NO6/c1-8-6-11(17)12(15(20)22-8)13(18)16-10-5-3-4-9(7-10)14(19)21-2/h3-7,17H,1-2H3,(H,16,18). The van der Waals surface area contributed by atoms with Gasteiger partial charge in [-0.15, -0.1) is 0 Å². The molecule has 1 amide bonds. The highest BCUT2D eigenvalue weighted by atomic mass is 16.5. The number of anilines is 1. The molecule has 0 unspecified atom stereocenters.